The molecular formula is C10H20N2O2. The summed E-state index contributed by atoms with van der Waals surface area (Å²) in [5, 5.41) is 6.04. The van der Waals surface area contributed by atoms with Gasteiger partial charge in [0.15, 0.2) is 0 Å². The number of rotatable bonds is 7. The Morgan fingerprint density at radius 2 is 2.29 bits per heavy atom. The van der Waals surface area contributed by atoms with Crippen molar-refractivity contribution in [3.8, 4) is 0 Å². The van der Waals surface area contributed by atoms with E-state index in [-0.39, 0.29) is 5.91 Å². The van der Waals surface area contributed by atoms with E-state index in [1.54, 1.807) is 7.11 Å². The topological polar surface area (TPSA) is 50.4 Å². The molecule has 1 aliphatic carbocycles. The lowest BCUT2D eigenvalue weighted by atomic mass is 10.2. The second-order valence-electron chi connectivity index (χ2n) is 4.02. The van der Waals surface area contributed by atoms with Crippen LogP contribution in [0.2, 0.25) is 0 Å². The minimum Gasteiger partial charge on any atom is -0.384 e. The van der Waals surface area contributed by atoms with Gasteiger partial charge in [0, 0.05) is 19.7 Å². The largest absolute Gasteiger partial charge is 0.384 e. The van der Waals surface area contributed by atoms with E-state index in [0.29, 0.717) is 31.7 Å². The minimum absolute atomic E-state index is 0.0832. The van der Waals surface area contributed by atoms with Crippen molar-refractivity contribution in [1.82, 2.24) is 10.6 Å². The Hall–Kier alpha value is -0.610. The summed E-state index contributed by atoms with van der Waals surface area (Å²) in [4.78, 5) is 11.3. The molecule has 4 heteroatoms. The number of nitrogens with one attached hydrogen (secondary N) is 2. The maximum Gasteiger partial charge on any atom is 0.233 e. The van der Waals surface area contributed by atoms with E-state index in [0.717, 1.165) is 0 Å². The van der Waals surface area contributed by atoms with Gasteiger partial charge in [0.2, 0.25) is 5.91 Å². The molecule has 0 aromatic heterocycles. The van der Waals surface area contributed by atoms with E-state index in [2.05, 4.69) is 17.6 Å². The zero-order valence-corrected chi connectivity index (χ0v) is 9.01. The highest BCUT2D eigenvalue weighted by Gasteiger charge is 2.20. The van der Waals surface area contributed by atoms with E-state index in [4.69, 9.17) is 4.74 Å². The first-order valence-electron chi connectivity index (χ1n) is 5.21. The van der Waals surface area contributed by atoms with E-state index in [9.17, 15) is 4.79 Å². The third-order valence-electron chi connectivity index (χ3n) is 2.23. The van der Waals surface area contributed by atoms with Gasteiger partial charge in [-0.25, -0.2) is 0 Å². The van der Waals surface area contributed by atoms with Gasteiger partial charge in [-0.1, -0.05) is 6.92 Å². The SMILES string of the molecule is COCC(C)CNC(=O)CNC1CC1. The summed E-state index contributed by atoms with van der Waals surface area (Å²) >= 11 is 0. The lowest BCUT2D eigenvalue weighted by Crippen LogP contribution is -2.37. The molecule has 0 aromatic rings. The summed E-state index contributed by atoms with van der Waals surface area (Å²) in [6.07, 6.45) is 2.43. The van der Waals surface area contributed by atoms with Crippen LogP contribution >= 0.6 is 0 Å². The molecule has 0 heterocycles. The standard InChI is InChI=1S/C10H20N2O2/c1-8(7-14-2)5-12-10(13)6-11-9-3-4-9/h8-9,11H,3-7H2,1-2H3,(H,12,13). The minimum atomic E-state index is 0.0832. The predicted molar refractivity (Wildman–Crippen MR) is 55.1 cm³/mol. The molecule has 1 fully saturated rings. The molecule has 0 bridgehead atoms. The van der Waals surface area contributed by atoms with Crippen molar-refractivity contribution in [2.45, 2.75) is 25.8 Å². The van der Waals surface area contributed by atoms with Gasteiger partial charge < -0.3 is 15.4 Å². The van der Waals surface area contributed by atoms with Gasteiger partial charge in [0.25, 0.3) is 0 Å². The van der Waals surface area contributed by atoms with Gasteiger partial charge in [-0.2, -0.15) is 0 Å². The van der Waals surface area contributed by atoms with Crippen molar-refractivity contribution in [3.05, 3.63) is 0 Å². The zero-order chi connectivity index (χ0) is 10.4. The van der Waals surface area contributed by atoms with Crippen LogP contribution in [0.25, 0.3) is 0 Å². The van der Waals surface area contributed by atoms with Crippen molar-refractivity contribution in [2.24, 2.45) is 5.92 Å². The second-order valence-corrected chi connectivity index (χ2v) is 4.02. The number of methoxy groups -OCH3 is 1. The summed E-state index contributed by atoms with van der Waals surface area (Å²) in [5.41, 5.74) is 0. The first-order chi connectivity index (χ1) is 6.72. The van der Waals surface area contributed by atoms with Crippen LogP contribution < -0.4 is 10.6 Å². The molecule has 2 N–H and O–H groups in total. The zero-order valence-electron chi connectivity index (χ0n) is 9.01. The van der Waals surface area contributed by atoms with Crippen LogP contribution in [0.4, 0.5) is 0 Å². The van der Waals surface area contributed by atoms with Crippen LogP contribution in [0.15, 0.2) is 0 Å². The van der Waals surface area contributed by atoms with E-state index in [1.807, 2.05) is 0 Å². The molecule has 14 heavy (non-hydrogen) atoms. The van der Waals surface area contributed by atoms with Crippen LogP contribution in [0.5, 0.6) is 0 Å². The van der Waals surface area contributed by atoms with Crippen LogP contribution in [0.1, 0.15) is 19.8 Å². The Bertz CT molecular complexity index is 181. The first kappa shape index (κ1) is 11.5. The molecule has 1 amide bonds. The molecule has 1 atom stereocenters. The number of hydrogen-bond acceptors (Lipinski definition) is 3. The van der Waals surface area contributed by atoms with E-state index in [1.165, 1.54) is 12.8 Å². The highest BCUT2D eigenvalue weighted by molar-refractivity contribution is 5.78. The molecule has 0 aromatic carbocycles. The number of carbonyl (C=O) groups excluding carboxylic acids is 1. The third kappa shape index (κ3) is 5.19. The van der Waals surface area contributed by atoms with E-state index >= 15 is 0 Å². The van der Waals surface area contributed by atoms with Crippen molar-refractivity contribution >= 4 is 5.91 Å². The quantitative estimate of drug-likeness (QED) is 0.614. The molecule has 1 rings (SSSR count). The monoisotopic (exact) mass is 200 g/mol. The number of amides is 1. The third-order valence-corrected chi connectivity index (χ3v) is 2.23. The van der Waals surface area contributed by atoms with Crippen LogP contribution in [0.3, 0.4) is 0 Å². The molecule has 0 radical (unpaired) electrons. The molecular weight excluding hydrogens is 180 g/mol. The Balaban J connectivity index is 1.95. The molecule has 1 saturated carbocycles. The fourth-order valence-electron chi connectivity index (χ4n) is 1.22. The molecule has 4 nitrogen and oxygen atoms in total. The average molecular weight is 200 g/mol. The Morgan fingerprint density at radius 3 is 2.86 bits per heavy atom. The maximum atomic E-state index is 11.3. The molecule has 0 aliphatic heterocycles. The lowest BCUT2D eigenvalue weighted by Gasteiger charge is -2.11. The highest BCUT2D eigenvalue weighted by atomic mass is 16.5. The Morgan fingerprint density at radius 1 is 1.57 bits per heavy atom. The van der Waals surface area contributed by atoms with Crippen LogP contribution in [-0.4, -0.2) is 38.8 Å². The van der Waals surface area contributed by atoms with Gasteiger partial charge >= 0.3 is 0 Å². The highest BCUT2D eigenvalue weighted by Crippen LogP contribution is 2.17. The smallest absolute Gasteiger partial charge is 0.233 e. The van der Waals surface area contributed by atoms with Crippen molar-refractivity contribution in [1.29, 1.82) is 0 Å². The normalized spacial score (nSPS) is 17.9. The van der Waals surface area contributed by atoms with Crippen LogP contribution in [-0.2, 0) is 9.53 Å². The molecule has 82 valence electrons. The van der Waals surface area contributed by atoms with Gasteiger partial charge in [-0.05, 0) is 18.8 Å². The van der Waals surface area contributed by atoms with E-state index < -0.39 is 0 Å². The molecule has 1 unspecified atom stereocenters. The first-order valence-corrected chi connectivity index (χ1v) is 5.21. The Labute approximate surface area is 85.4 Å². The molecule has 0 saturated heterocycles. The summed E-state index contributed by atoms with van der Waals surface area (Å²) in [7, 11) is 1.67. The maximum absolute atomic E-state index is 11.3. The van der Waals surface area contributed by atoms with Gasteiger partial charge in [-0.15, -0.1) is 0 Å². The summed E-state index contributed by atoms with van der Waals surface area (Å²) in [6, 6.07) is 0.595. The van der Waals surface area contributed by atoms with Gasteiger partial charge in [-0.3, -0.25) is 4.79 Å². The van der Waals surface area contributed by atoms with Gasteiger partial charge in [0.1, 0.15) is 0 Å². The molecule has 0 spiro atoms. The fourth-order valence-corrected chi connectivity index (χ4v) is 1.22. The number of carbonyl (C=O) groups is 1. The second kappa shape index (κ2) is 5.98. The lowest BCUT2D eigenvalue weighted by molar-refractivity contribution is -0.120. The summed E-state index contributed by atoms with van der Waals surface area (Å²) < 4.78 is 4.98. The van der Waals surface area contributed by atoms with Crippen LogP contribution in [0, 0.1) is 5.92 Å². The van der Waals surface area contributed by atoms with Gasteiger partial charge in [0.05, 0.1) is 13.2 Å². The predicted octanol–water partition coefficient (Wildman–Crippen LogP) is 0.137. The Kier molecular flexibility index (Phi) is 4.90. The number of ether oxygens (including phenoxy) is 1. The van der Waals surface area contributed by atoms with Crippen molar-refractivity contribution < 1.29 is 9.53 Å². The average Bonchev–Trinajstić information content (AvgIpc) is 2.95. The van der Waals surface area contributed by atoms with Crippen molar-refractivity contribution in [2.75, 3.05) is 26.8 Å². The summed E-state index contributed by atoms with van der Waals surface area (Å²) in [6.45, 7) is 3.89. The van der Waals surface area contributed by atoms with Crippen molar-refractivity contribution in [3.63, 3.8) is 0 Å². The summed E-state index contributed by atoms with van der Waals surface area (Å²) in [5.74, 6) is 0.463. The fraction of sp³-hybridized carbons (Fsp3) is 0.900. The molecule has 1 aliphatic rings. The number of hydrogen-bond donors (Lipinski definition) is 2.